The number of ether oxygens (including phenoxy) is 1. The molecule has 1 aliphatic heterocycles. The molecular formula is C14H22N4O. The number of nitrogens with zero attached hydrogens (tertiary/aromatic N) is 2. The third kappa shape index (κ3) is 2.56. The SMILES string of the molecule is Cc1cc(N(C)C2CCOC2C)c(C(=N)N)c(C)n1. The van der Waals surface area contributed by atoms with Gasteiger partial charge < -0.3 is 15.4 Å². The van der Waals surface area contributed by atoms with Crippen LogP contribution in [0, 0.1) is 19.3 Å². The number of amidine groups is 1. The first-order valence-electron chi connectivity index (χ1n) is 6.59. The van der Waals surface area contributed by atoms with Gasteiger partial charge >= 0.3 is 0 Å². The Morgan fingerprint density at radius 1 is 1.53 bits per heavy atom. The van der Waals surface area contributed by atoms with Crippen LogP contribution in [-0.2, 0) is 4.74 Å². The zero-order valence-electron chi connectivity index (χ0n) is 12.0. The Morgan fingerprint density at radius 3 is 2.74 bits per heavy atom. The Bertz CT molecular complexity index is 500. The summed E-state index contributed by atoms with van der Waals surface area (Å²) < 4.78 is 5.63. The summed E-state index contributed by atoms with van der Waals surface area (Å²) in [5.41, 5.74) is 9.17. The summed E-state index contributed by atoms with van der Waals surface area (Å²) >= 11 is 0. The molecule has 2 atom stereocenters. The van der Waals surface area contributed by atoms with Gasteiger partial charge in [-0.25, -0.2) is 0 Å². The highest BCUT2D eigenvalue weighted by Gasteiger charge is 2.30. The predicted octanol–water partition coefficient (Wildman–Crippen LogP) is 1.60. The van der Waals surface area contributed by atoms with Gasteiger partial charge in [-0.3, -0.25) is 10.4 Å². The van der Waals surface area contributed by atoms with Gasteiger partial charge in [-0.15, -0.1) is 0 Å². The van der Waals surface area contributed by atoms with Gasteiger partial charge in [0, 0.05) is 19.3 Å². The molecule has 2 heterocycles. The fourth-order valence-electron chi connectivity index (χ4n) is 2.83. The van der Waals surface area contributed by atoms with Crippen molar-refractivity contribution in [2.45, 2.75) is 39.3 Å². The minimum absolute atomic E-state index is 0.0680. The van der Waals surface area contributed by atoms with E-state index in [2.05, 4.69) is 16.8 Å². The molecule has 5 nitrogen and oxygen atoms in total. The van der Waals surface area contributed by atoms with E-state index in [1.165, 1.54) is 0 Å². The van der Waals surface area contributed by atoms with Gasteiger partial charge in [-0.1, -0.05) is 0 Å². The molecule has 0 aromatic carbocycles. The molecule has 0 bridgehead atoms. The number of hydrogen-bond donors (Lipinski definition) is 2. The van der Waals surface area contributed by atoms with E-state index in [1.807, 2.05) is 27.0 Å². The monoisotopic (exact) mass is 262 g/mol. The second-order valence-corrected chi connectivity index (χ2v) is 5.20. The van der Waals surface area contributed by atoms with Crippen LogP contribution in [0.25, 0.3) is 0 Å². The number of aromatic nitrogens is 1. The second kappa shape index (κ2) is 5.17. The Kier molecular flexibility index (Phi) is 3.75. The minimum atomic E-state index is 0.0680. The first-order chi connectivity index (χ1) is 8.91. The molecular weight excluding hydrogens is 240 g/mol. The topological polar surface area (TPSA) is 75.2 Å². The molecule has 1 aromatic heterocycles. The number of nitrogens with two attached hydrogens (primary N) is 1. The summed E-state index contributed by atoms with van der Waals surface area (Å²) in [4.78, 5) is 6.58. The lowest BCUT2D eigenvalue weighted by Crippen LogP contribution is -2.38. The van der Waals surface area contributed by atoms with E-state index in [9.17, 15) is 0 Å². The Labute approximate surface area is 114 Å². The van der Waals surface area contributed by atoms with Crippen LogP contribution >= 0.6 is 0 Å². The van der Waals surface area contributed by atoms with Crippen molar-refractivity contribution in [3.05, 3.63) is 23.0 Å². The van der Waals surface area contributed by atoms with E-state index in [4.69, 9.17) is 15.9 Å². The second-order valence-electron chi connectivity index (χ2n) is 5.20. The van der Waals surface area contributed by atoms with E-state index >= 15 is 0 Å². The minimum Gasteiger partial charge on any atom is -0.384 e. The quantitative estimate of drug-likeness (QED) is 0.641. The number of rotatable bonds is 3. The number of nitrogens with one attached hydrogen (secondary N) is 1. The fourth-order valence-corrected chi connectivity index (χ4v) is 2.83. The maximum atomic E-state index is 7.78. The fraction of sp³-hybridized carbons (Fsp3) is 0.571. The molecule has 0 spiro atoms. The highest BCUT2D eigenvalue weighted by atomic mass is 16.5. The standard InChI is InChI=1S/C14H22N4O/c1-8-7-12(13(14(15)16)9(2)17-8)18(4)11-5-6-19-10(11)3/h7,10-11H,5-6H2,1-4H3,(H3,15,16). The van der Waals surface area contributed by atoms with Gasteiger partial charge in [0.25, 0.3) is 0 Å². The number of anilines is 1. The van der Waals surface area contributed by atoms with E-state index < -0.39 is 0 Å². The molecule has 2 rings (SSSR count). The lowest BCUT2D eigenvalue weighted by atomic mass is 10.0. The number of nitrogen functional groups attached to an aromatic ring is 1. The number of pyridine rings is 1. The molecule has 0 aliphatic carbocycles. The highest BCUT2D eigenvalue weighted by molar-refractivity contribution is 6.01. The van der Waals surface area contributed by atoms with Gasteiger partial charge in [0.1, 0.15) is 5.84 Å². The molecule has 1 fully saturated rings. The molecule has 5 heteroatoms. The van der Waals surface area contributed by atoms with Crippen molar-refractivity contribution in [2.75, 3.05) is 18.6 Å². The third-order valence-corrected chi connectivity index (χ3v) is 3.79. The maximum Gasteiger partial charge on any atom is 0.126 e. The molecule has 0 amide bonds. The van der Waals surface area contributed by atoms with Crippen LogP contribution < -0.4 is 10.6 Å². The molecule has 3 N–H and O–H groups in total. The maximum absolute atomic E-state index is 7.78. The van der Waals surface area contributed by atoms with Crippen molar-refractivity contribution in [2.24, 2.45) is 5.73 Å². The third-order valence-electron chi connectivity index (χ3n) is 3.79. The lowest BCUT2D eigenvalue weighted by molar-refractivity contribution is 0.118. The molecule has 1 aromatic rings. The first kappa shape index (κ1) is 13.8. The van der Waals surface area contributed by atoms with Gasteiger partial charge in [-0.05, 0) is 33.3 Å². The van der Waals surface area contributed by atoms with Gasteiger partial charge in [0.2, 0.25) is 0 Å². The number of hydrogen-bond acceptors (Lipinski definition) is 4. The Morgan fingerprint density at radius 2 is 2.21 bits per heavy atom. The van der Waals surface area contributed by atoms with Crippen molar-refractivity contribution in [1.29, 1.82) is 5.41 Å². The zero-order valence-corrected chi connectivity index (χ0v) is 12.0. The average Bonchev–Trinajstić information content (AvgIpc) is 2.72. The molecule has 0 saturated carbocycles. The van der Waals surface area contributed by atoms with E-state index in [1.54, 1.807) is 0 Å². The van der Waals surface area contributed by atoms with Gasteiger partial charge in [0.15, 0.2) is 0 Å². The van der Waals surface area contributed by atoms with Crippen molar-refractivity contribution in [1.82, 2.24) is 4.98 Å². The van der Waals surface area contributed by atoms with Crippen molar-refractivity contribution >= 4 is 11.5 Å². The number of aryl methyl sites for hydroxylation is 2. The highest BCUT2D eigenvalue weighted by Crippen LogP contribution is 2.28. The first-order valence-corrected chi connectivity index (χ1v) is 6.59. The smallest absolute Gasteiger partial charge is 0.126 e. The summed E-state index contributed by atoms with van der Waals surface area (Å²) in [5.74, 6) is 0.0680. The zero-order chi connectivity index (χ0) is 14.2. The summed E-state index contributed by atoms with van der Waals surface area (Å²) in [7, 11) is 2.04. The largest absolute Gasteiger partial charge is 0.384 e. The summed E-state index contributed by atoms with van der Waals surface area (Å²) in [5, 5.41) is 7.78. The molecule has 1 saturated heterocycles. The number of likely N-dealkylation sites (N-methyl/N-ethyl adjacent to an activating group) is 1. The van der Waals surface area contributed by atoms with E-state index in [-0.39, 0.29) is 11.9 Å². The van der Waals surface area contributed by atoms with Crippen LogP contribution in [0.1, 0.15) is 30.3 Å². The average molecular weight is 262 g/mol. The van der Waals surface area contributed by atoms with Crippen LogP contribution in [0.2, 0.25) is 0 Å². The predicted molar refractivity (Wildman–Crippen MR) is 76.9 cm³/mol. The van der Waals surface area contributed by atoms with E-state index in [0.29, 0.717) is 6.04 Å². The summed E-state index contributed by atoms with van der Waals surface area (Å²) in [6.07, 6.45) is 1.19. The molecule has 2 unspecified atom stereocenters. The summed E-state index contributed by atoms with van der Waals surface area (Å²) in [6, 6.07) is 2.31. The van der Waals surface area contributed by atoms with Crippen LogP contribution in [-0.4, -0.2) is 36.6 Å². The Hall–Kier alpha value is -1.62. The van der Waals surface area contributed by atoms with Crippen LogP contribution in [0.5, 0.6) is 0 Å². The van der Waals surface area contributed by atoms with E-state index in [0.717, 1.165) is 35.7 Å². The van der Waals surface area contributed by atoms with Gasteiger partial charge in [0.05, 0.1) is 29.1 Å². The van der Waals surface area contributed by atoms with Crippen LogP contribution in [0.3, 0.4) is 0 Å². The normalized spacial score (nSPS) is 22.5. The molecule has 1 aliphatic rings. The summed E-state index contributed by atoms with van der Waals surface area (Å²) in [6.45, 7) is 6.73. The van der Waals surface area contributed by atoms with Crippen molar-refractivity contribution in [3.8, 4) is 0 Å². The van der Waals surface area contributed by atoms with Crippen molar-refractivity contribution in [3.63, 3.8) is 0 Å². The molecule has 19 heavy (non-hydrogen) atoms. The van der Waals surface area contributed by atoms with Crippen LogP contribution in [0.4, 0.5) is 5.69 Å². The lowest BCUT2D eigenvalue weighted by Gasteiger charge is -2.31. The molecule has 104 valence electrons. The Balaban J connectivity index is 2.45. The van der Waals surface area contributed by atoms with Crippen LogP contribution in [0.15, 0.2) is 6.07 Å². The van der Waals surface area contributed by atoms with Gasteiger partial charge in [-0.2, -0.15) is 0 Å². The van der Waals surface area contributed by atoms with Crippen molar-refractivity contribution < 1.29 is 4.74 Å². The molecule has 0 radical (unpaired) electrons.